The van der Waals surface area contributed by atoms with Gasteiger partial charge in [-0.25, -0.2) is 0 Å². The van der Waals surface area contributed by atoms with Gasteiger partial charge >= 0.3 is 0 Å². The van der Waals surface area contributed by atoms with Crippen LogP contribution in [0.25, 0.3) is 0 Å². The Morgan fingerprint density at radius 3 is 2.52 bits per heavy atom. The van der Waals surface area contributed by atoms with Gasteiger partial charge in [0.1, 0.15) is 11.6 Å². The number of nitrogens with one attached hydrogen (secondary N) is 1. The summed E-state index contributed by atoms with van der Waals surface area (Å²) in [5, 5.41) is 21.1. The predicted octanol–water partition coefficient (Wildman–Crippen LogP) is 4.29. The van der Waals surface area contributed by atoms with Gasteiger partial charge in [-0.2, -0.15) is 10.4 Å². The molecule has 2 aromatic rings. The van der Waals surface area contributed by atoms with Gasteiger partial charge in [0.2, 0.25) is 0 Å². The van der Waals surface area contributed by atoms with Crippen LogP contribution in [0, 0.1) is 18.3 Å². The zero-order valence-electron chi connectivity index (χ0n) is 12.4. The van der Waals surface area contributed by atoms with E-state index in [9.17, 15) is 5.26 Å². The van der Waals surface area contributed by atoms with Gasteiger partial charge in [-0.3, -0.25) is 0 Å². The minimum absolute atomic E-state index is 0.518. The Kier molecular flexibility index (Phi) is 4.92. The molecule has 1 heterocycles. The number of rotatable bonds is 4. The van der Waals surface area contributed by atoms with Crippen LogP contribution >= 0.6 is 15.9 Å². The molecule has 4 nitrogen and oxygen atoms in total. The van der Waals surface area contributed by atoms with E-state index in [1.165, 1.54) is 0 Å². The van der Waals surface area contributed by atoms with E-state index in [1.807, 2.05) is 39.0 Å². The van der Waals surface area contributed by atoms with Crippen LogP contribution in [-0.4, -0.2) is 10.2 Å². The lowest BCUT2D eigenvalue weighted by molar-refractivity contribution is 0.877. The van der Waals surface area contributed by atoms with Gasteiger partial charge in [0.15, 0.2) is 5.82 Å². The molecule has 0 atom stereocenters. The molecule has 0 radical (unpaired) electrons. The molecule has 0 amide bonds. The van der Waals surface area contributed by atoms with E-state index < -0.39 is 0 Å². The molecule has 1 aromatic carbocycles. The van der Waals surface area contributed by atoms with Gasteiger partial charge in [-0.1, -0.05) is 29.8 Å². The molecule has 0 aliphatic rings. The van der Waals surface area contributed by atoms with Crippen molar-refractivity contribution in [2.45, 2.75) is 33.6 Å². The van der Waals surface area contributed by atoms with E-state index in [-0.39, 0.29) is 0 Å². The summed E-state index contributed by atoms with van der Waals surface area (Å²) in [6.07, 6.45) is 1.55. The Morgan fingerprint density at radius 2 is 1.95 bits per heavy atom. The number of hydrogen-bond donors (Lipinski definition) is 1. The number of nitriles is 1. The zero-order chi connectivity index (χ0) is 15.4. The first kappa shape index (κ1) is 15.5. The van der Waals surface area contributed by atoms with Gasteiger partial charge < -0.3 is 5.32 Å². The highest BCUT2D eigenvalue weighted by Gasteiger charge is 2.14. The largest absolute Gasteiger partial charge is 0.338 e. The Balaban J connectivity index is 2.47. The van der Waals surface area contributed by atoms with Crippen LogP contribution in [0.5, 0.6) is 0 Å². The molecule has 0 spiro atoms. The summed E-state index contributed by atoms with van der Waals surface area (Å²) in [4.78, 5) is 0. The average Bonchev–Trinajstić information content (AvgIpc) is 2.45. The molecule has 0 saturated carbocycles. The van der Waals surface area contributed by atoms with Gasteiger partial charge in [0, 0.05) is 10.2 Å². The molecule has 5 heteroatoms. The topological polar surface area (TPSA) is 61.6 Å². The van der Waals surface area contributed by atoms with Crippen LogP contribution in [0.2, 0.25) is 0 Å². The summed E-state index contributed by atoms with van der Waals surface area (Å²) in [6, 6.07) is 8.25. The molecule has 0 unspecified atom stereocenters. The third-order valence-corrected chi connectivity index (χ3v) is 3.72. The second kappa shape index (κ2) is 6.68. The summed E-state index contributed by atoms with van der Waals surface area (Å²) >= 11 is 3.47. The highest BCUT2D eigenvalue weighted by atomic mass is 79.9. The van der Waals surface area contributed by atoms with Crippen LogP contribution in [0.4, 0.5) is 11.5 Å². The minimum Gasteiger partial charge on any atom is -0.338 e. The number of benzene rings is 1. The number of nitrogens with zero attached hydrogens (tertiary/aromatic N) is 3. The summed E-state index contributed by atoms with van der Waals surface area (Å²) < 4.78 is 0.984. The third-order valence-electron chi connectivity index (χ3n) is 3.26. The predicted molar refractivity (Wildman–Crippen MR) is 87.7 cm³/mol. The fraction of sp³-hybridized carbons (Fsp3) is 0.312. The fourth-order valence-corrected chi connectivity index (χ4v) is 2.93. The van der Waals surface area contributed by atoms with E-state index in [4.69, 9.17) is 0 Å². The monoisotopic (exact) mass is 344 g/mol. The first-order valence-electron chi connectivity index (χ1n) is 6.91. The Labute approximate surface area is 133 Å². The van der Waals surface area contributed by atoms with E-state index in [0.717, 1.165) is 39.8 Å². The van der Waals surface area contributed by atoms with Crippen molar-refractivity contribution in [3.63, 3.8) is 0 Å². The van der Waals surface area contributed by atoms with Crippen molar-refractivity contribution in [2.75, 3.05) is 5.32 Å². The van der Waals surface area contributed by atoms with E-state index in [0.29, 0.717) is 11.4 Å². The van der Waals surface area contributed by atoms with Gasteiger partial charge in [0.25, 0.3) is 0 Å². The fourth-order valence-electron chi connectivity index (χ4n) is 2.33. The maximum atomic E-state index is 9.47. The van der Waals surface area contributed by atoms with Crippen LogP contribution in [0.3, 0.4) is 0 Å². The van der Waals surface area contributed by atoms with Crippen LogP contribution in [0.1, 0.15) is 36.2 Å². The van der Waals surface area contributed by atoms with Crippen LogP contribution in [-0.2, 0) is 12.8 Å². The first-order chi connectivity index (χ1) is 10.1. The maximum absolute atomic E-state index is 9.47. The normalized spacial score (nSPS) is 10.2. The molecule has 2 rings (SSSR count). The number of aryl methyl sites for hydroxylation is 2. The standard InChI is InChI=1S/C16H17BrN4/c1-4-13-14(9-18)16(21-20-15(13)5-2)19-12-7-10(3)6-11(17)8-12/h6-8H,4-5H2,1-3H3,(H,19,21). The smallest absolute Gasteiger partial charge is 0.171 e. The Hall–Kier alpha value is -1.93. The van der Waals surface area contributed by atoms with E-state index >= 15 is 0 Å². The zero-order valence-corrected chi connectivity index (χ0v) is 14.0. The number of halogens is 1. The second-order valence-electron chi connectivity index (χ2n) is 4.81. The number of aromatic nitrogens is 2. The second-order valence-corrected chi connectivity index (χ2v) is 5.73. The van der Waals surface area contributed by atoms with Crippen molar-refractivity contribution in [2.24, 2.45) is 0 Å². The van der Waals surface area contributed by atoms with Crippen molar-refractivity contribution < 1.29 is 0 Å². The van der Waals surface area contributed by atoms with Crippen LogP contribution < -0.4 is 5.32 Å². The number of hydrogen-bond acceptors (Lipinski definition) is 4. The van der Waals surface area contributed by atoms with Gasteiger partial charge in [-0.15, -0.1) is 5.10 Å². The third kappa shape index (κ3) is 3.40. The van der Waals surface area contributed by atoms with E-state index in [1.54, 1.807) is 0 Å². The molecule has 0 saturated heterocycles. The Morgan fingerprint density at radius 1 is 1.19 bits per heavy atom. The summed E-state index contributed by atoms with van der Waals surface area (Å²) in [5.41, 5.74) is 4.47. The maximum Gasteiger partial charge on any atom is 0.171 e. The minimum atomic E-state index is 0.518. The van der Waals surface area contributed by atoms with Crippen molar-refractivity contribution >= 4 is 27.4 Å². The Bertz CT molecular complexity index is 684. The van der Waals surface area contributed by atoms with Gasteiger partial charge in [0.05, 0.1) is 5.69 Å². The lowest BCUT2D eigenvalue weighted by Crippen LogP contribution is -2.07. The molecular formula is C16H17BrN4. The molecule has 0 fully saturated rings. The van der Waals surface area contributed by atoms with E-state index in [2.05, 4.69) is 37.5 Å². The molecule has 21 heavy (non-hydrogen) atoms. The first-order valence-corrected chi connectivity index (χ1v) is 7.71. The molecule has 0 aliphatic carbocycles. The lowest BCUT2D eigenvalue weighted by atomic mass is 10.0. The molecule has 0 aliphatic heterocycles. The summed E-state index contributed by atoms with van der Waals surface area (Å²) in [5.74, 6) is 0.518. The summed E-state index contributed by atoms with van der Waals surface area (Å²) in [7, 11) is 0. The van der Waals surface area contributed by atoms with Gasteiger partial charge in [-0.05, 0) is 49.1 Å². The SMILES string of the molecule is CCc1nnc(Nc2cc(C)cc(Br)c2)c(C#N)c1CC. The summed E-state index contributed by atoms with van der Waals surface area (Å²) in [6.45, 7) is 6.07. The van der Waals surface area contributed by atoms with Crippen molar-refractivity contribution in [1.29, 1.82) is 5.26 Å². The van der Waals surface area contributed by atoms with Crippen molar-refractivity contribution in [1.82, 2.24) is 10.2 Å². The lowest BCUT2D eigenvalue weighted by Gasteiger charge is -2.12. The van der Waals surface area contributed by atoms with Crippen LogP contribution in [0.15, 0.2) is 22.7 Å². The highest BCUT2D eigenvalue weighted by molar-refractivity contribution is 9.10. The molecule has 1 N–H and O–H groups in total. The van der Waals surface area contributed by atoms with Crippen molar-refractivity contribution in [3.8, 4) is 6.07 Å². The molecule has 108 valence electrons. The number of anilines is 2. The van der Waals surface area contributed by atoms with Crippen molar-refractivity contribution in [3.05, 3.63) is 45.1 Å². The average molecular weight is 345 g/mol. The highest BCUT2D eigenvalue weighted by Crippen LogP contribution is 2.26. The molecular weight excluding hydrogens is 328 g/mol. The quantitative estimate of drug-likeness (QED) is 0.898. The molecule has 1 aromatic heterocycles. The molecule has 0 bridgehead atoms.